The molecule has 0 N–H and O–H groups in total. The molecule has 4 rings (SSSR count). The van der Waals surface area contributed by atoms with E-state index in [1.165, 1.54) is 4.90 Å². The Morgan fingerprint density at radius 3 is 2.80 bits per heavy atom. The van der Waals surface area contributed by atoms with Gasteiger partial charge < -0.3 is 14.5 Å². The largest absolute Gasteiger partial charge is 0.494 e. The van der Waals surface area contributed by atoms with E-state index in [1.807, 2.05) is 31.3 Å². The molecule has 1 aromatic carbocycles. The number of aryl methyl sites for hydroxylation is 1. The SMILES string of the molecule is COc1cccc2c(N3CCN4C(=O)N(C)C(=O)C4C3)c(C)cnc12. The zero-order valence-corrected chi connectivity index (χ0v) is 14.5. The maximum Gasteiger partial charge on any atom is 0.327 e. The number of hydrogen-bond acceptors (Lipinski definition) is 5. The van der Waals surface area contributed by atoms with Crippen LogP contribution in [0.4, 0.5) is 10.5 Å². The average Bonchev–Trinajstić information content (AvgIpc) is 2.85. The van der Waals surface area contributed by atoms with Gasteiger partial charge in [-0.05, 0) is 18.6 Å². The number of para-hydroxylation sites is 1. The Hall–Kier alpha value is -2.83. The van der Waals surface area contributed by atoms with Crippen LogP contribution < -0.4 is 9.64 Å². The average molecular weight is 340 g/mol. The van der Waals surface area contributed by atoms with Crippen molar-refractivity contribution in [2.75, 3.05) is 38.7 Å². The van der Waals surface area contributed by atoms with Crippen LogP contribution in [-0.4, -0.2) is 66.6 Å². The monoisotopic (exact) mass is 340 g/mol. The van der Waals surface area contributed by atoms with Gasteiger partial charge >= 0.3 is 6.03 Å². The van der Waals surface area contributed by atoms with Crippen LogP contribution in [-0.2, 0) is 4.79 Å². The molecule has 2 aromatic rings. The van der Waals surface area contributed by atoms with Crippen molar-refractivity contribution in [2.24, 2.45) is 0 Å². The van der Waals surface area contributed by atoms with Gasteiger partial charge in [0, 0.05) is 38.3 Å². The number of methoxy groups -OCH3 is 1. The molecule has 25 heavy (non-hydrogen) atoms. The van der Waals surface area contributed by atoms with Crippen LogP contribution in [0.3, 0.4) is 0 Å². The van der Waals surface area contributed by atoms with Crippen molar-refractivity contribution in [3.05, 3.63) is 30.0 Å². The van der Waals surface area contributed by atoms with Crippen LogP contribution in [0.25, 0.3) is 10.9 Å². The van der Waals surface area contributed by atoms with Crippen molar-refractivity contribution in [1.29, 1.82) is 0 Å². The van der Waals surface area contributed by atoms with E-state index in [2.05, 4.69) is 9.88 Å². The smallest absolute Gasteiger partial charge is 0.327 e. The number of carbonyl (C=O) groups excluding carboxylic acids is 2. The second-order valence-corrected chi connectivity index (χ2v) is 6.48. The number of fused-ring (bicyclic) bond motifs is 2. The number of hydrogen-bond donors (Lipinski definition) is 0. The van der Waals surface area contributed by atoms with Gasteiger partial charge in [0.2, 0.25) is 0 Å². The molecule has 2 aliphatic heterocycles. The van der Waals surface area contributed by atoms with Gasteiger partial charge in [0.1, 0.15) is 17.3 Å². The van der Waals surface area contributed by atoms with Crippen molar-refractivity contribution in [1.82, 2.24) is 14.8 Å². The van der Waals surface area contributed by atoms with Crippen molar-refractivity contribution < 1.29 is 14.3 Å². The first-order valence-corrected chi connectivity index (χ1v) is 8.28. The molecular formula is C18H20N4O3. The van der Waals surface area contributed by atoms with Crippen molar-refractivity contribution in [3.63, 3.8) is 0 Å². The van der Waals surface area contributed by atoms with Gasteiger partial charge in [-0.1, -0.05) is 12.1 Å². The van der Waals surface area contributed by atoms with Crippen LogP contribution in [0, 0.1) is 6.92 Å². The Morgan fingerprint density at radius 1 is 1.24 bits per heavy atom. The summed E-state index contributed by atoms with van der Waals surface area (Å²) < 4.78 is 5.43. The summed E-state index contributed by atoms with van der Waals surface area (Å²) >= 11 is 0. The van der Waals surface area contributed by atoms with E-state index in [-0.39, 0.29) is 11.9 Å². The first-order chi connectivity index (χ1) is 12.0. The van der Waals surface area contributed by atoms with Crippen molar-refractivity contribution in [2.45, 2.75) is 13.0 Å². The van der Waals surface area contributed by atoms with Gasteiger partial charge in [-0.25, -0.2) is 4.79 Å². The zero-order valence-electron chi connectivity index (χ0n) is 14.5. The summed E-state index contributed by atoms with van der Waals surface area (Å²) in [7, 11) is 3.18. The van der Waals surface area contributed by atoms with E-state index >= 15 is 0 Å². The molecule has 7 nitrogen and oxygen atoms in total. The highest BCUT2D eigenvalue weighted by Gasteiger charge is 2.46. The fraction of sp³-hybridized carbons (Fsp3) is 0.389. The van der Waals surface area contributed by atoms with Crippen LogP contribution in [0.1, 0.15) is 5.56 Å². The molecule has 0 bridgehead atoms. The number of urea groups is 1. The number of benzene rings is 1. The van der Waals surface area contributed by atoms with Crippen LogP contribution in [0.5, 0.6) is 5.75 Å². The number of anilines is 1. The highest BCUT2D eigenvalue weighted by molar-refractivity contribution is 6.05. The first kappa shape index (κ1) is 15.7. The molecule has 2 aliphatic rings. The fourth-order valence-corrected chi connectivity index (χ4v) is 3.80. The lowest BCUT2D eigenvalue weighted by Crippen LogP contribution is -2.53. The molecular weight excluding hydrogens is 320 g/mol. The Balaban J connectivity index is 1.77. The van der Waals surface area contributed by atoms with E-state index in [0.29, 0.717) is 19.6 Å². The summed E-state index contributed by atoms with van der Waals surface area (Å²) in [6.07, 6.45) is 1.83. The topological polar surface area (TPSA) is 66.0 Å². The molecule has 1 atom stereocenters. The Labute approximate surface area is 145 Å². The van der Waals surface area contributed by atoms with E-state index in [9.17, 15) is 9.59 Å². The van der Waals surface area contributed by atoms with Gasteiger partial charge in [0.15, 0.2) is 0 Å². The molecule has 2 fully saturated rings. The molecule has 2 saturated heterocycles. The highest BCUT2D eigenvalue weighted by atomic mass is 16.5. The van der Waals surface area contributed by atoms with Crippen molar-refractivity contribution >= 4 is 28.5 Å². The molecule has 1 aromatic heterocycles. The first-order valence-electron chi connectivity index (χ1n) is 8.28. The summed E-state index contributed by atoms with van der Waals surface area (Å²) in [6.45, 7) is 3.72. The predicted octanol–water partition coefficient (Wildman–Crippen LogP) is 1.63. The highest BCUT2D eigenvalue weighted by Crippen LogP contribution is 2.35. The number of pyridine rings is 1. The lowest BCUT2D eigenvalue weighted by atomic mass is 10.1. The summed E-state index contributed by atoms with van der Waals surface area (Å²) in [4.78, 5) is 34.1. The fourth-order valence-electron chi connectivity index (χ4n) is 3.80. The minimum atomic E-state index is -0.417. The molecule has 130 valence electrons. The third kappa shape index (κ3) is 2.22. The Bertz CT molecular complexity index is 882. The summed E-state index contributed by atoms with van der Waals surface area (Å²) in [5.41, 5.74) is 2.90. The summed E-state index contributed by atoms with van der Waals surface area (Å²) in [6, 6.07) is 5.24. The van der Waals surface area contributed by atoms with Gasteiger partial charge in [0.25, 0.3) is 5.91 Å². The van der Waals surface area contributed by atoms with Crippen LogP contribution in [0.2, 0.25) is 0 Å². The summed E-state index contributed by atoms with van der Waals surface area (Å²) in [5, 5.41) is 0.998. The number of rotatable bonds is 2. The third-order valence-corrected chi connectivity index (χ3v) is 5.08. The minimum absolute atomic E-state index is 0.136. The number of imide groups is 1. The third-order valence-electron chi connectivity index (χ3n) is 5.08. The van der Waals surface area contributed by atoms with E-state index in [1.54, 1.807) is 19.1 Å². The number of carbonyl (C=O) groups is 2. The molecule has 0 aliphatic carbocycles. The molecule has 3 heterocycles. The van der Waals surface area contributed by atoms with E-state index in [0.717, 1.165) is 27.9 Å². The second-order valence-electron chi connectivity index (χ2n) is 6.48. The Morgan fingerprint density at radius 2 is 2.04 bits per heavy atom. The molecule has 1 unspecified atom stereocenters. The van der Waals surface area contributed by atoms with Crippen molar-refractivity contribution in [3.8, 4) is 5.75 Å². The normalized spacial score (nSPS) is 20.4. The maximum absolute atomic E-state index is 12.4. The molecule has 3 amide bonds. The minimum Gasteiger partial charge on any atom is -0.494 e. The Kier molecular flexibility index (Phi) is 3.52. The van der Waals surface area contributed by atoms with Crippen LogP contribution >= 0.6 is 0 Å². The molecule has 0 spiro atoms. The van der Waals surface area contributed by atoms with Gasteiger partial charge in [-0.15, -0.1) is 0 Å². The van der Waals surface area contributed by atoms with Crippen LogP contribution in [0.15, 0.2) is 24.4 Å². The van der Waals surface area contributed by atoms with E-state index < -0.39 is 6.04 Å². The standard InChI is InChI=1S/C18H20N4O3/c1-11-9-19-15-12(5-4-6-14(15)25-3)16(11)21-7-8-22-13(10-21)17(23)20(2)18(22)24/h4-6,9,13H,7-8,10H2,1-3H3. The van der Waals surface area contributed by atoms with E-state index in [4.69, 9.17) is 4.74 Å². The number of aromatic nitrogens is 1. The lowest BCUT2D eigenvalue weighted by molar-refractivity contribution is -0.127. The zero-order chi connectivity index (χ0) is 17.7. The quantitative estimate of drug-likeness (QED) is 0.778. The number of ether oxygens (including phenoxy) is 1. The molecule has 0 radical (unpaired) electrons. The number of nitrogens with zero attached hydrogens (tertiary/aromatic N) is 4. The predicted molar refractivity (Wildman–Crippen MR) is 93.9 cm³/mol. The maximum atomic E-state index is 12.4. The molecule has 0 saturated carbocycles. The molecule has 7 heteroatoms. The number of likely N-dealkylation sites (N-methyl/N-ethyl adjacent to an activating group) is 1. The lowest BCUT2D eigenvalue weighted by Gasteiger charge is -2.38. The van der Waals surface area contributed by atoms with Gasteiger partial charge in [-0.3, -0.25) is 14.7 Å². The summed E-state index contributed by atoms with van der Waals surface area (Å²) in [5.74, 6) is 0.590. The van der Waals surface area contributed by atoms with Gasteiger partial charge in [0.05, 0.1) is 12.8 Å². The number of amides is 3. The second kappa shape index (κ2) is 5.61. The number of piperazine rings is 1. The van der Waals surface area contributed by atoms with Gasteiger partial charge in [-0.2, -0.15) is 0 Å².